The predicted molar refractivity (Wildman–Crippen MR) is 93.6 cm³/mol. The zero-order valence-electron chi connectivity index (χ0n) is 13.4. The number of rotatable bonds is 5. The molecular weight excluding hydrogens is 358 g/mol. The van der Waals surface area contributed by atoms with Crippen molar-refractivity contribution in [3.8, 4) is 5.75 Å². The van der Waals surface area contributed by atoms with Crippen LogP contribution in [0.15, 0.2) is 48.2 Å². The van der Waals surface area contributed by atoms with Crippen molar-refractivity contribution in [2.75, 3.05) is 5.32 Å². The zero-order chi connectivity index (χ0) is 16.4. The van der Waals surface area contributed by atoms with Crippen LogP contribution in [-0.4, -0.2) is 15.0 Å². The number of aryl methyl sites for hydroxylation is 1. The Morgan fingerprint density at radius 3 is 3.00 bits per heavy atom. The molecular formula is C17H16ClN5OS. The second kappa shape index (κ2) is 7.50. The summed E-state index contributed by atoms with van der Waals surface area (Å²) in [5, 5.41) is 6.23. The van der Waals surface area contributed by atoms with E-state index in [2.05, 4.69) is 25.3 Å². The van der Waals surface area contributed by atoms with E-state index in [1.54, 1.807) is 23.9 Å². The lowest BCUT2D eigenvalue weighted by Gasteiger charge is -2.08. The van der Waals surface area contributed by atoms with Crippen LogP contribution < -0.4 is 27.4 Å². The number of nitrogens with one attached hydrogen (secondary N) is 3. The number of fused-ring (bicyclic) bond motifs is 1. The molecule has 0 amide bonds. The van der Waals surface area contributed by atoms with Gasteiger partial charge in [-0.25, -0.2) is 20.3 Å². The van der Waals surface area contributed by atoms with Crippen molar-refractivity contribution in [1.29, 1.82) is 0 Å². The molecule has 0 aliphatic heterocycles. The second-order valence-corrected chi connectivity index (χ2v) is 6.23. The third-order valence-electron chi connectivity index (χ3n) is 3.58. The Morgan fingerprint density at radius 1 is 1.24 bits per heavy atom. The maximum Gasteiger partial charge on any atom is 0.338 e. The van der Waals surface area contributed by atoms with Gasteiger partial charge in [-0.1, -0.05) is 23.5 Å². The maximum atomic E-state index is 5.99. The molecule has 0 unspecified atom stereocenters. The number of aromatic nitrogens is 4. The van der Waals surface area contributed by atoms with Crippen molar-refractivity contribution in [3.05, 3.63) is 59.5 Å². The molecule has 3 N–H and O–H groups in total. The molecule has 0 aliphatic rings. The van der Waals surface area contributed by atoms with Crippen LogP contribution in [0.1, 0.15) is 11.3 Å². The van der Waals surface area contributed by atoms with Crippen molar-refractivity contribution >= 4 is 33.3 Å². The van der Waals surface area contributed by atoms with Gasteiger partial charge in [0.1, 0.15) is 12.3 Å². The first kappa shape index (κ1) is 17.2. The molecule has 1 aromatic carbocycles. The minimum Gasteiger partial charge on any atom is -1.00 e. The Morgan fingerprint density at radius 2 is 2.16 bits per heavy atom. The fourth-order valence-corrected chi connectivity index (χ4v) is 3.18. The average molecular weight is 374 g/mol. The summed E-state index contributed by atoms with van der Waals surface area (Å²) in [6.45, 7) is 2.44. The number of hydrogen-bond acceptors (Lipinski definition) is 5. The van der Waals surface area contributed by atoms with Crippen LogP contribution >= 0.6 is 11.3 Å². The number of benzene rings is 1. The van der Waals surface area contributed by atoms with Crippen LogP contribution in [0.2, 0.25) is 0 Å². The zero-order valence-corrected chi connectivity index (χ0v) is 15.0. The average Bonchev–Trinajstić information content (AvgIpc) is 3.23. The first-order valence-corrected chi connectivity index (χ1v) is 8.41. The quantitative estimate of drug-likeness (QED) is 0.533. The Labute approximate surface area is 154 Å². The summed E-state index contributed by atoms with van der Waals surface area (Å²) in [6, 6.07) is 9.77. The van der Waals surface area contributed by atoms with E-state index in [1.165, 1.54) is 0 Å². The monoisotopic (exact) mass is 373 g/mol. The Balaban J connectivity index is 0.00000182. The van der Waals surface area contributed by atoms with Crippen molar-refractivity contribution in [1.82, 2.24) is 15.0 Å². The number of ether oxygens (including phenoxy) is 1. The summed E-state index contributed by atoms with van der Waals surface area (Å²) in [5.41, 5.74) is 4.07. The number of para-hydroxylation sites is 1. The minimum atomic E-state index is 0. The Kier molecular flexibility index (Phi) is 5.16. The number of aromatic amines is 2. The molecule has 0 bridgehead atoms. The normalized spacial score (nSPS) is 10.4. The van der Waals surface area contributed by atoms with Crippen LogP contribution in [0.4, 0.5) is 10.9 Å². The van der Waals surface area contributed by atoms with Crippen molar-refractivity contribution in [2.24, 2.45) is 0 Å². The number of hydrogen-bond donors (Lipinski definition) is 2. The SMILES string of the molecule is Cc1csc(Nc2ncccc2OCc2cccc3[nH]cnc23)[nH+]1.[Cl-]. The topological polar surface area (TPSA) is 77.0 Å². The van der Waals surface area contributed by atoms with Gasteiger partial charge in [0.2, 0.25) is 0 Å². The van der Waals surface area contributed by atoms with Crippen LogP contribution in [0.25, 0.3) is 11.0 Å². The van der Waals surface area contributed by atoms with E-state index >= 15 is 0 Å². The van der Waals surface area contributed by atoms with Gasteiger partial charge in [0.25, 0.3) is 5.82 Å². The summed E-state index contributed by atoms with van der Waals surface area (Å²) in [5.74, 6) is 1.38. The van der Waals surface area contributed by atoms with Gasteiger partial charge in [-0.2, -0.15) is 0 Å². The second-order valence-electron chi connectivity index (χ2n) is 5.35. The Hall–Kier alpha value is -2.64. The standard InChI is InChI=1S/C17H15N5OS.ClH/c1-11-9-24-17(21-11)22-16-14(6-3-7-18-16)23-8-12-4-2-5-13-15(12)20-10-19-13;/h2-7,9-10H,8H2,1H3,(H,19,20)(H,18,21,22);1H. The molecule has 3 aromatic heterocycles. The van der Waals surface area contributed by atoms with Gasteiger partial charge >= 0.3 is 5.13 Å². The fourth-order valence-electron chi connectivity index (χ4n) is 2.45. The van der Waals surface area contributed by atoms with Crippen LogP contribution in [0.5, 0.6) is 5.75 Å². The highest BCUT2D eigenvalue weighted by Gasteiger charge is 2.14. The largest absolute Gasteiger partial charge is 1.00 e. The molecule has 0 saturated carbocycles. The number of H-pyrrole nitrogens is 2. The summed E-state index contributed by atoms with van der Waals surface area (Å²) in [4.78, 5) is 15.1. The highest BCUT2D eigenvalue weighted by atomic mass is 35.5. The molecule has 0 radical (unpaired) electrons. The molecule has 25 heavy (non-hydrogen) atoms. The predicted octanol–water partition coefficient (Wildman–Crippen LogP) is 0.469. The van der Waals surface area contributed by atoms with Gasteiger partial charge < -0.3 is 22.1 Å². The van der Waals surface area contributed by atoms with Crippen molar-refractivity contribution in [2.45, 2.75) is 13.5 Å². The van der Waals surface area contributed by atoms with E-state index in [0.717, 1.165) is 27.4 Å². The lowest BCUT2D eigenvalue weighted by Crippen LogP contribution is -3.00. The van der Waals surface area contributed by atoms with E-state index in [0.29, 0.717) is 18.2 Å². The van der Waals surface area contributed by atoms with E-state index in [-0.39, 0.29) is 12.4 Å². The number of nitrogens with zero attached hydrogens (tertiary/aromatic N) is 2. The third kappa shape index (κ3) is 3.72. The molecule has 0 atom stereocenters. The van der Waals surface area contributed by atoms with Gasteiger partial charge in [-0.15, -0.1) is 0 Å². The van der Waals surface area contributed by atoms with Crippen LogP contribution in [0.3, 0.4) is 0 Å². The highest BCUT2D eigenvalue weighted by Crippen LogP contribution is 2.26. The molecule has 0 fully saturated rings. The van der Waals surface area contributed by atoms with Gasteiger partial charge in [0, 0.05) is 17.1 Å². The molecule has 3 heterocycles. The summed E-state index contributed by atoms with van der Waals surface area (Å²) in [6.07, 6.45) is 3.43. The van der Waals surface area contributed by atoms with Gasteiger partial charge in [0.05, 0.1) is 17.4 Å². The summed E-state index contributed by atoms with van der Waals surface area (Å²) < 4.78 is 5.99. The van der Waals surface area contributed by atoms with E-state index in [1.807, 2.05) is 42.6 Å². The molecule has 6 nitrogen and oxygen atoms in total. The molecule has 0 spiro atoms. The first-order chi connectivity index (χ1) is 11.8. The smallest absolute Gasteiger partial charge is 0.338 e. The Bertz CT molecular complexity index is 984. The molecule has 0 aliphatic carbocycles. The maximum absolute atomic E-state index is 5.99. The fraction of sp³-hybridized carbons (Fsp3) is 0.118. The van der Waals surface area contributed by atoms with E-state index in [4.69, 9.17) is 4.74 Å². The summed E-state index contributed by atoms with van der Waals surface area (Å²) >= 11 is 1.59. The lowest BCUT2D eigenvalue weighted by molar-refractivity contribution is -0.364. The minimum absolute atomic E-state index is 0. The molecule has 4 rings (SSSR count). The van der Waals surface area contributed by atoms with Crippen molar-refractivity contribution in [3.63, 3.8) is 0 Å². The number of halogens is 1. The molecule has 0 saturated heterocycles. The van der Waals surface area contributed by atoms with Gasteiger partial charge in [0.15, 0.2) is 5.75 Å². The van der Waals surface area contributed by atoms with Gasteiger partial charge in [-0.05, 0) is 25.1 Å². The number of pyridine rings is 1. The van der Waals surface area contributed by atoms with Crippen molar-refractivity contribution < 1.29 is 22.1 Å². The molecule has 4 aromatic rings. The number of imidazole rings is 1. The molecule has 128 valence electrons. The first-order valence-electron chi connectivity index (χ1n) is 7.53. The number of thiazole rings is 1. The van der Waals surface area contributed by atoms with Gasteiger partial charge in [-0.3, -0.25) is 0 Å². The number of anilines is 2. The van der Waals surface area contributed by atoms with E-state index < -0.39 is 0 Å². The van der Waals surface area contributed by atoms with Crippen LogP contribution in [-0.2, 0) is 6.61 Å². The summed E-state index contributed by atoms with van der Waals surface area (Å²) in [7, 11) is 0. The lowest BCUT2D eigenvalue weighted by atomic mass is 10.2. The molecule has 8 heteroatoms. The van der Waals surface area contributed by atoms with E-state index in [9.17, 15) is 0 Å². The highest BCUT2D eigenvalue weighted by molar-refractivity contribution is 7.13. The van der Waals surface area contributed by atoms with Crippen LogP contribution in [0, 0.1) is 6.92 Å². The third-order valence-corrected chi connectivity index (χ3v) is 4.49.